The summed E-state index contributed by atoms with van der Waals surface area (Å²) < 4.78 is 10.6. The highest BCUT2D eigenvalue weighted by Gasteiger charge is 2.43. The van der Waals surface area contributed by atoms with Gasteiger partial charge in [-0.3, -0.25) is 5.32 Å². The van der Waals surface area contributed by atoms with Crippen molar-refractivity contribution in [2.45, 2.75) is 78.2 Å². The van der Waals surface area contributed by atoms with Gasteiger partial charge in [-0.15, -0.1) is 0 Å². The van der Waals surface area contributed by atoms with Crippen LogP contribution in [-0.2, 0) is 38.1 Å². The maximum absolute atomic E-state index is 13.0. The van der Waals surface area contributed by atoms with Crippen LogP contribution in [0.15, 0.2) is 47.6 Å². The van der Waals surface area contributed by atoms with E-state index in [1.165, 1.54) is 11.1 Å². The lowest BCUT2D eigenvalue weighted by Crippen LogP contribution is -2.39. The molecular formula is C31H39N3O5. The van der Waals surface area contributed by atoms with E-state index in [9.17, 15) is 14.8 Å². The minimum absolute atomic E-state index is 0.0541. The van der Waals surface area contributed by atoms with E-state index in [0.29, 0.717) is 17.3 Å². The number of aromatic nitrogens is 1. The fourth-order valence-corrected chi connectivity index (χ4v) is 5.54. The van der Waals surface area contributed by atoms with Crippen molar-refractivity contribution in [1.82, 2.24) is 4.98 Å². The van der Waals surface area contributed by atoms with Crippen molar-refractivity contribution in [1.29, 1.82) is 0 Å². The SMILES string of the molecule is CCOC(=O)/C(Cc1cc2c(NC(=O)OCc3ccccc3)cc3c(c2[nH]1)C(C)(C)CCC3(C)C(C)C)=N\O. The monoisotopic (exact) mass is 533 g/mol. The van der Waals surface area contributed by atoms with E-state index in [-0.39, 0.29) is 36.2 Å². The number of amides is 1. The second-order valence-electron chi connectivity index (χ2n) is 11.5. The van der Waals surface area contributed by atoms with Gasteiger partial charge in [-0.1, -0.05) is 70.1 Å². The Morgan fingerprint density at radius 3 is 2.46 bits per heavy atom. The van der Waals surface area contributed by atoms with Crippen molar-refractivity contribution in [3.05, 3.63) is 64.8 Å². The first kappa shape index (κ1) is 28.2. The van der Waals surface area contributed by atoms with Crippen LogP contribution in [0.25, 0.3) is 10.9 Å². The van der Waals surface area contributed by atoms with E-state index in [1.54, 1.807) is 6.92 Å². The van der Waals surface area contributed by atoms with E-state index in [1.807, 2.05) is 36.4 Å². The molecule has 1 aliphatic rings. The summed E-state index contributed by atoms with van der Waals surface area (Å²) >= 11 is 0. The van der Waals surface area contributed by atoms with E-state index in [2.05, 4.69) is 56.1 Å². The summed E-state index contributed by atoms with van der Waals surface area (Å²) in [6, 6.07) is 13.5. The molecule has 4 rings (SSSR count). The van der Waals surface area contributed by atoms with Crippen LogP contribution >= 0.6 is 0 Å². The molecule has 1 amide bonds. The molecule has 3 N–H and O–H groups in total. The van der Waals surface area contributed by atoms with E-state index >= 15 is 0 Å². The number of hydrogen-bond acceptors (Lipinski definition) is 6. The number of aromatic amines is 1. The van der Waals surface area contributed by atoms with Gasteiger partial charge >= 0.3 is 12.1 Å². The molecule has 0 bridgehead atoms. The lowest BCUT2D eigenvalue weighted by atomic mass is 9.58. The third-order valence-electron chi connectivity index (χ3n) is 8.25. The Kier molecular flexibility index (Phi) is 8.04. The number of fused-ring (bicyclic) bond motifs is 3. The largest absolute Gasteiger partial charge is 0.461 e. The van der Waals surface area contributed by atoms with Crippen LogP contribution in [0.1, 0.15) is 76.8 Å². The molecule has 1 unspecified atom stereocenters. The molecule has 0 radical (unpaired) electrons. The van der Waals surface area contributed by atoms with Gasteiger partial charge in [0.2, 0.25) is 0 Å². The Morgan fingerprint density at radius 2 is 1.82 bits per heavy atom. The van der Waals surface area contributed by atoms with Crippen molar-refractivity contribution < 1.29 is 24.3 Å². The molecule has 1 aromatic heterocycles. The van der Waals surface area contributed by atoms with Crippen molar-refractivity contribution >= 4 is 34.4 Å². The first-order valence-electron chi connectivity index (χ1n) is 13.6. The summed E-state index contributed by atoms with van der Waals surface area (Å²) in [7, 11) is 0. The lowest BCUT2D eigenvalue weighted by Gasteiger charge is -2.46. The quantitative estimate of drug-likeness (QED) is 0.127. The number of H-pyrrole nitrogens is 1. The number of benzene rings is 2. The van der Waals surface area contributed by atoms with Gasteiger partial charge in [0, 0.05) is 17.5 Å². The Labute approximate surface area is 229 Å². The number of rotatable bonds is 8. The van der Waals surface area contributed by atoms with Crippen molar-refractivity contribution in [3.8, 4) is 0 Å². The zero-order chi connectivity index (χ0) is 28.4. The molecule has 8 heteroatoms. The van der Waals surface area contributed by atoms with Gasteiger partial charge in [0.1, 0.15) is 6.61 Å². The van der Waals surface area contributed by atoms with Crippen LogP contribution in [-0.4, -0.2) is 34.6 Å². The van der Waals surface area contributed by atoms with Gasteiger partial charge in [-0.05, 0) is 65.3 Å². The van der Waals surface area contributed by atoms with Gasteiger partial charge in [-0.25, -0.2) is 9.59 Å². The molecule has 8 nitrogen and oxygen atoms in total. The first-order chi connectivity index (χ1) is 18.5. The Bertz CT molecular complexity index is 1390. The number of carbonyl (C=O) groups excluding carboxylic acids is 2. The summed E-state index contributed by atoms with van der Waals surface area (Å²) in [5, 5.41) is 16.5. The fraction of sp³-hybridized carbons (Fsp3) is 0.452. The number of nitrogens with zero attached hydrogens (tertiary/aromatic N) is 1. The van der Waals surface area contributed by atoms with Crippen LogP contribution in [0.5, 0.6) is 0 Å². The number of hydrogen-bond donors (Lipinski definition) is 3. The molecule has 3 aromatic rings. The van der Waals surface area contributed by atoms with Crippen molar-refractivity contribution in [2.75, 3.05) is 11.9 Å². The van der Waals surface area contributed by atoms with Crippen LogP contribution in [0.2, 0.25) is 0 Å². The molecular weight excluding hydrogens is 494 g/mol. The summed E-state index contributed by atoms with van der Waals surface area (Å²) in [6.07, 6.45) is 1.54. The first-order valence-corrected chi connectivity index (χ1v) is 13.6. The molecule has 0 saturated carbocycles. The number of nitrogens with one attached hydrogen (secondary N) is 2. The smallest absolute Gasteiger partial charge is 0.411 e. The standard InChI is InChI=1S/C31H39N3O5/c1-7-38-28(35)25(34-37)16-21-15-22-24(33-29(36)39-18-20-11-9-8-10-12-20)17-23-26(27(22)32-21)30(4,5)13-14-31(23,6)19(2)3/h8-12,15,17,19,32,37H,7,13-14,16,18H2,1-6H3,(H,33,36)/b34-25-. The van der Waals surface area contributed by atoms with Gasteiger partial charge in [0.05, 0.1) is 17.8 Å². The van der Waals surface area contributed by atoms with E-state index in [4.69, 9.17) is 9.47 Å². The minimum Gasteiger partial charge on any atom is -0.461 e. The fourth-order valence-electron chi connectivity index (χ4n) is 5.54. The predicted molar refractivity (Wildman–Crippen MR) is 153 cm³/mol. The van der Waals surface area contributed by atoms with E-state index < -0.39 is 12.1 Å². The van der Waals surface area contributed by atoms with Crippen LogP contribution in [0.4, 0.5) is 10.5 Å². The average molecular weight is 534 g/mol. The summed E-state index contributed by atoms with van der Waals surface area (Å²) in [5.41, 5.74) is 5.18. The Morgan fingerprint density at radius 1 is 1.10 bits per heavy atom. The molecule has 0 fully saturated rings. The van der Waals surface area contributed by atoms with Crippen molar-refractivity contribution in [3.63, 3.8) is 0 Å². The van der Waals surface area contributed by atoms with Gasteiger partial charge in [0.15, 0.2) is 5.71 Å². The zero-order valence-corrected chi connectivity index (χ0v) is 23.7. The van der Waals surface area contributed by atoms with Crippen molar-refractivity contribution in [2.24, 2.45) is 11.1 Å². The number of oxime groups is 1. The molecule has 1 aliphatic carbocycles. The maximum atomic E-state index is 13.0. The summed E-state index contributed by atoms with van der Waals surface area (Å²) in [6.45, 7) is 13.3. The molecule has 39 heavy (non-hydrogen) atoms. The molecule has 1 atom stereocenters. The molecule has 0 saturated heterocycles. The Hall–Kier alpha value is -3.81. The minimum atomic E-state index is -0.670. The number of ether oxygens (including phenoxy) is 2. The van der Waals surface area contributed by atoms with Gasteiger partial charge < -0.3 is 19.7 Å². The van der Waals surface area contributed by atoms with Gasteiger partial charge in [0.25, 0.3) is 0 Å². The second-order valence-corrected chi connectivity index (χ2v) is 11.5. The summed E-state index contributed by atoms with van der Waals surface area (Å²) in [5.74, 6) is -0.301. The highest BCUT2D eigenvalue weighted by molar-refractivity contribution is 6.36. The highest BCUT2D eigenvalue weighted by atomic mass is 16.5. The molecule has 1 heterocycles. The van der Waals surface area contributed by atoms with Gasteiger partial charge in [-0.2, -0.15) is 0 Å². The third-order valence-corrected chi connectivity index (χ3v) is 8.25. The average Bonchev–Trinajstić information content (AvgIpc) is 3.32. The summed E-state index contributed by atoms with van der Waals surface area (Å²) in [4.78, 5) is 28.7. The van der Waals surface area contributed by atoms with Crippen LogP contribution < -0.4 is 5.32 Å². The highest BCUT2D eigenvalue weighted by Crippen LogP contribution is 2.52. The Balaban J connectivity index is 1.80. The predicted octanol–water partition coefficient (Wildman–Crippen LogP) is 6.84. The lowest BCUT2D eigenvalue weighted by molar-refractivity contribution is -0.135. The number of carbonyl (C=O) groups is 2. The second kappa shape index (κ2) is 11.1. The maximum Gasteiger partial charge on any atom is 0.411 e. The molecule has 208 valence electrons. The van der Waals surface area contributed by atoms with Crippen LogP contribution in [0.3, 0.4) is 0 Å². The topological polar surface area (TPSA) is 113 Å². The molecule has 0 aliphatic heterocycles. The molecule has 2 aromatic carbocycles. The van der Waals surface area contributed by atoms with E-state index in [0.717, 1.165) is 29.3 Å². The zero-order valence-electron chi connectivity index (χ0n) is 23.7. The number of anilines is 1. The molecule has 0 spiro atoms. The normalized spacial score (nSPS) is 18.6. The number of esters is 1. The van der Waals surface area contributed by atoms with Crippen LogP contribution in [0, 0.1) is 5.92 Å². The third kappa shape index (κ3) is 5.65.